The summed E-state index contributed by atoms with van der Waals surface area (Å²) in [4.78, 5) is 46.4. The Balaban J connectivity index is 1.04. The van der Waals surface area contributed by atoms with Crippen molar-refractivity contribution in [1.82, 2.24) is 9.88 Å². The molecule has 3 atom stereocenters. The Labute approximate surface area is 342 Å². The van der Waals surface area contributed by atoms with Crippen LogP contribution in [0.5, 0.6) is 11.5 Å². The Bertz CT molecular complexity index is 2100. The van der Waals surface area contributed by atoms with Crippen LogP contribution < -0.4 is 14.8 Å². The summed E-state index contributed by atoms with van der Waals surface area (Å²) in [5.41, 5.74) is 1.13. The molecule has 1 N–H and O–H groups in total. The summed E-state index contributed by atoms with van der Waals surface area (Å²) < 4.78 is 69.1. The SMILES string of the molecule is O=C(COC(=O)c1cccc(NC(C(=O)O[C@H]2CN3CCC2CC3)c2ccccc2F)c1)O[C@@H](Cc1c(Cl)cncc1Cl)c1ccc(OC(F)F)c(OCC2CC2)c1. The van der Waals surface area contributed by atoms with Crippen LogP contribution in [0, 0.1) is 17.7 Å². The van der Waals surface area contributed by atoms with E-state index in [1.807, 2.05) is 0 Å². The molecule has 2 bridgehead atoms. The average Bonchev–Trinajstić information content (AvgIpc) is 4.05. The van der Waals surface area contributed by atoms with Crippen molar-refractivity contribution in [3.8, 4) is 11.5 Å². The highest BCUT2D eigenvalue weighted by Gasteiger charge is 2.38. The van der Waals surface area contributed by atoms with E-state index in [2.05, 4.69) is 19.9 Å². The molecule has 306 valence electrons. The highest BCUT2D eigenvalue weighted by molar-refractivity contribution is 6.35. The first-order valence-electron chi connectivity index (χ1n) is 18.9. The van der Waals surface area contributed by atoms with Crippen LogP contribution in [0.15, 0.2) is 79.1 Å². The summed E-state index contributed by atoms with van der Waals surface area (Å²) in [5, 5.41) is 3.42. The van der Waals surface area contributed by atoms with Crippen LogP contribution in [0.3, 0.4) is 0 Å². The van der Waals surface area contributed by atoms with Gasteiger partial charge in [0.15, 0.2) is 24.1 Å². The van der Waals surface area contributed by atoms with E-state index < -0.39 is 49.1 Å². The summed E-state index contributed by atoms with van der Waals surface area (Å²) in [5.74, 6) is -2.73. The lowest BCUT2D eigenvalue weighted by Crippen LogP contribution is -2.52. The van der Waals surface area contributed by atoms with Gasteiger partial charge in [0, 0.05) is 36.6 Å². The number of piperidine rings is 3. The number of rotatable bonds is 17. The Morgan fingerprint density at radius 3 is 2.36 bits per heavy atom. The van der Waals surface area contributed by atoms with E-state index in [4.69, 9.17) is 42.1 Å². The summed E-state index contributed by atoms with van der Waals surface area (Å²) in [6.45, 7) is -1.10. The number of hydrogen-bond acceptors (Lipinski definition) is 11. The van der Waals surface area contributed by atoms with Crippen LogP contribution in [0.4, 0.5) is 18.9 Å². The van der Waals surface area contributed by atoms with Crippen molar-refractivity contribution in [1.29, 1.82) is 0 Å². The van der Waals surface area contributed by atoms with Crippen LogP contribution in [0.1, 0.15) is 64.9 Å². The molecule has 8 rings (SSSR count). The normalized spacial score (nSPS) is 19.5. The summed E-state index contributed by atoms with van der Waals surface area (Å²) in [6.07, 6.45) is 5.01. The van der Waals surface area contributed by atoms with Gasteiger partial charge in [-0.05, 0) is 98.1 Å². The number of carbonyl (C=O) groups excluding carboxylic acids is 3. The second kappa shape index (κ2) is 18.7. The number of alkyl halides is 2. The van der Waals surface area contributed by atoms with Crippen molar-refractivity contribution < 1.29 is 51.2 Å². The molecule has 11 nitrogen and oxygen atoms in total. The smallest absolute Gasteiger partial charge is 0.387 e. The van der Waals surface area contributed by atoms with Gasteiger partial charge >= 0.3 is 24.5 Å². The van der Waals surface area contributed by atoms with Gasteiger partial charge in [-0.2, -0.15) is 8.78 Å². The van der Waals surface area contributed by atoms with E-state index in [0.717, 1.165) is 38.8 Å². The molecule has 16 heteroatoms. The molecule has 4 heterocycles. The fourth-order valence-corrected chi connectivity index (χ4v) is 7.63. The molecule has 1 aromatic heterocycles. The van der Waals surface area contributed by atoms with Crippen molar-refractivity contribution in [3.05, 3.63) is 117 Å². The van der Waals surface area contributed by atoms with Gasteiger partial charge in [-0.25, -0.2) is 18.8 Å². The number of esters is 3. The molecule has 58 heavy (non-hydrogen) atoms. The topological polar surface area (TPSA) is 126 Å². The van der Waals surface area contributed by atoms with Gasteiger partial charge in [-0.3, -0.25) is 9.88 Å². The second-order valence-electron chi connectivity index (χ2n) is 14.5. The molecule has 1 aliphatic carbocycles. The third kappa shape index (κ3) is 10.5. The first-order valence-corrected chi connectivity index (χ1v) is 19.7. The van der Waals surface area contributed by atoms with E-state index in [0.29, 0.717) is 29.3 Å². The largest absolute Gasteiger partial charge is 0.489 e. The number of carbonyl (C=O) groups is 3. The van der Waals surface area contributed by atoms with Crippen LogP contribution >= 0.6 is 23.2 Å². The first kappa shape index (κ1) is 41.1. The third-order valence-corrected chi connectivity index (χ3v) is 11.0. The fraction of sp³-hybridized carbons (Fsp3) is 0.381. The molecule has 4 fully saturated rings. The number of hydrogen-bond donors (Lipinski definition) is 1. The maximum absolute atomic E-state index is 15.1. The molecular weight excluding hydrogens is 802 g/mol. The molecular formula is C42H40Cl2F3N3O8. The number of pyridine rings is 1. The maximum Gasteiger partial charge on any atom is 0.387 e. The number of halogens is 5. The van der Waals surface area contributed by atoms with Gasteiger partial charge in [-0.1, -0.05) is 53.5 Å². The number of benzene rings is 3. The number of nitrogens with zero attached hydrogens (tertiary/aromatic N) is 2. The van der Waals surface area contributed by atoms with Gasteiger partial charge in [0.1, 0.15) is 18.0 Å². The van der Waals surface area contributed by atoms with Gasteiger partial charge < -0.3 is 29.0 Å². The van der Waals surface area contributed by atoms with Crippen molar-refractivity contribution in [2.75, 3.05) is 38.2 Å². The molecule has 0 radical (unpaired) electrons. The van der Waals surface area contributed by atoms with Gasteiger partial charge in [-0.15, -0.1) is 0 Å². The second-order valence-corrected chi connectivity index (χ2v) is 15.3. The minimum Gasteiger partial charge on any atom is -0.489 e. The zero-order chi connectivity index (χ0) is 40.8. The Morgan fingerprint density at radius 2 is 1.67 bits per heavy atom. The minimum absolute atomic E-state index is 0.0230. The summed E-state index contributed by atoms with van der Waals surface area (Å²) in [7, 11) is 0. The van der Waals surface area contributed by atoms with E-state index >= 15 is 4.39 Å². The quantitative estimate of drug-likeness (QED) is 0.0814. The Hall–Kier alpha value is -5.05. The number of nitrogens with one attached hydrogen (secondary N) is 1. The zero-order valence-corrected chi connectivity index (χ0v) is 32.6. The monoisotopic (exact) mass is 841 g/mol. The molecule has 4 aliphatic rings. The predicted molar refractivity (Wildman–Crippen MR) is 207 cm³/mol. The average molecular weight is 843 g/mol. The summed E-state index contributed by atoms with van der Waals surface area (Å²) >= 11 is 12.8. The lowest BCUT2D eigenvalue weighted by molar-refractivity contribution is -0.160. The van der Waals surface area contributed by atoms with E-state index in [1.54, 1.807) is 12.1 Å². The molecule has 3 aliphatic heterocycles. The lowest BCUT2D eigenvalue weighted by Gasteiger charge is -2.44. The molecule has 1 saturated carbocycles. The van der Waals surface area contributed by atoms with Gasteiger partial charge in [0.05, 0.1) is 22.2 Å². The molecule has 1 unspecified atom stereocenters. The van der Waals surface area contributed by atoms with Gasteiger partial charge in [0.2, 0.25) is 0 Å². The highest BCUT2D eigenvalue weighted by atomic mass is 35.5. The third-order valence-electron chi connectivity index (χ3n) is 10.4. The Kier molecular flexibility index (Phi) is 13.2. The number of aromatic nitrogens is 1. The molecule has 0 amide bonds. The lowest BCUT2D eigenvalue weighted by atomic mass is 9.86. The molecule has 4 aromatic rings. The van der Waals surface area contributed by atoms with Crippen LogP contribution in [-0.4, -0.2) is 73.4 Å². The van der Waals surface area contributed by atoms with Crippen molar-refractivity contribution in [2.24, 2.45) is 11.8 Å². The highest BCUT2D eigenvalue weighted by Crippen LogP contribution is 2.38. The zero-order valence-electron chi connectivity index (χ0n) is 31.1. The minimum atomic E-state index is -3.10. The number of fused-ring (bicyclic) bond motifs is 3. The van der Waals surface area contributed by atoms with Crippen LogP contribution in [0.25, 0.3) is 0 Å². The predicted octanol–water partition coefficient (Wildman–Crippen LogP) is 8.39. The number of anilines is 1. The fourth-order valence-electron chi connectivity index (χ4n) is 7.11. The van der Waals surface area contributed by atoms with Gasteiger partial charge in [0.25, 0.3) is 0 Å². The standard InChI is InChI=1S/C42H40Cl2F3N3O8/c43-31-19-48-20-32(44)30(31)18-35(26-10-11-34(58-42(46)47)36(17-26)54-22-24-8-9-24)56-38(51)23-55-40(52)27-4-3-5-28(16-27)49-39(29-6-1-2-7-33(29)45)41(53)57-37-21-50-14-12-25(37)13-15-50/h1-7,10-11,16-17,19-20,24-25,35,37,39,42,49H,8-9,12-15,18,21-23H2/t35-,37-,39?/m0/s1. The maximum atomic E-state index is 15.1. The first-order chi connectivity index (χ1) is 28.0. The Morgan fingerprint density at radius 1 is 0.914 bits per heavy atom. The van der Waals surface area contributed by atoms with Crippen LogP contribution in [0.2, 0.25) is 10.0 Å². The van der Waals surface area contributed by atoms with Crippen molar-refractivity contribution >= 4 is 46.8 Å². The van der Waals surface area contributed by atoms with Crippen molar-refractivity contribution in [2.45, 2.75) is 57.0 Å². The van der Waals surface area contributed by atoms with Crippen LogP contribution in [-0.2, 0) is 30.2 Å². The van der Waals surface area contributed by atoms with E-state index in [9.17, 15) is 23.2 Å². The van der Waals surface area contributed by atoms with E-state index in [1.165, 1.54) is 67.0 Å². The van der Waals surface area contributed by atoms with E-state index in [-0.39, 0.29) is 57.7 Å². The molecule has 3 saturated heterocycles. The van der Waals surface area contributed by atoms with Crippen molar-refractivity contribution in [3.63, 3.8) is 0 Å². The molecule has 0 spiro atoms. The summed E-state index contributed by atoms with van der Waals surface area (Å²) in [6, 6.07) is 14.8. The number of ether oxygens (including phenoxy) is 5. The molecule has 3 aromatic carbocycles.